The molecule has 0 saturated heterocycles. The zero-order chi connectivity index (χ0) is 12.3. The molecular weight excluding hydrogens is 248 g/mol. The molecule has 0 bridgehead atoms. The van der Waals surface area contributed by atoms with Crippen LogP contribution in [0, 0.1) is 5.92 Å². The van der Waals surface area contributed by atoms with Crippen molar-refractivity contribution < 1.29 is 0 Å². The smallest absolute Gasteiger partial charge is 0.297 e. The maximum absolute atomic E-state index is 11.8. The van der Waals surface area contributed by atoms with E-state index in [1.807, 2.05) is 0 Å². The molecular formula is C12H12N4OS. The molecule has 92 valence electrons. The van der Waals surface area contributed by atoms with Crippen molar-refractivity contribution >= 4 is 27.2 Å². The van der Waals surface area contributed by atoms with E-state index in [-0.39, 0.29) is 5.69 Å². The van der Waals surface area contributed by atoms with Gasteiger partial charge in [-0.3, -0.25) is 4.98 Å². The highest BCUT2D eigenvalue weighted by atomic mass is 32.1. The number of aryl methyl sites for hydroxylation is 1. The standard InChI is InChI=1S/C12H12N4OS/c1-6-2-3-8-7(4-6)9-10-13-5-14-16(10)12(17)15-11(9)18-8/h5-6H,2-4H2,1H3,(H,15,17). The van der Waals surface area contributed by atoms with Crippen LogP contribution in [-0.4, -0.2) is 19.6 Å². The fourth-order valence-corrected chi connectivity index (χ4v) is 4.02. The minimum Gasteiger partial charge on any atom is -0.297 e. The third kappa shape index (κ3) is 1.23. The first-order valence-corrected chi connectivity index (χ1v) is 6.92. The topological polar surface area (TPSA) is 63.0 Å². The van der Waals surface area contributed by atoms with Gasteiger partial charge >= 0.3 is 5.69 Å². The summed E-state index contributed by atoms with van der Waals surface area (Å²) in [4.78, 5) is 21.4. The van der Waals surface area contributed by atoms with Gasteiger partial charge in [-0.2, -0.15) is 9.61 Å². The van der Waals surface area contributed by atoms with E-state index in [1.54, 1.807) is 11.3 Å². The Morgan fingerprint density at radius 2 is 2.44 bits per heavy atom. The van der Waals surface area contributed by atoms with Crippen LogP contribution in [0.25, 0.3) is 15.9 Å². The summed E-state index contributed by atoms with van der Waals surface area (Å²) in [7, 11) is 0. The van der Waals surface area contributed by atoms with Crippen molar-refractivity contribution in [1.29, 1.82) is 0 Å². The molecule has 1 atom stereocenters. The summed E-state index contributed by atoms with van der Waals surface area (Å²) < 4.78 is 1.36. The molecule has 1 aliphatic rings. The van der Waals surface area contributed by atoms with E-state index in [4.69, 9.17) is 0 Å². The number of aromatic amines is 1. The first-order valence-electron chi connectivity index (χ1n) is 6.10. The van der Waals surface area contributed by atoms with Crippen LogP contribution < -0.4 is 5.69 Å². The lowest BCUT2D eigenvalue weighted by Crippen LogP contribution is -2.17. The van der Waals surface area contributed by atoms with E-state index in [2.05, 4.69) is 22.0 Å². The molecule has 4 rings (SSSR count). The van der Waals surface area contributed by atoms with Crippen LogP contribution in [0.2, 0.25) is 0 Å². The molecule has 0 saturated carbocycles. The van der Waals surface area contributed by atoms with Gasteiger partial charge in [-0.25, -0.2) is 9.78 Å². The lowest BCUT2D eigenvalue weighted by molar-refractivity contribution is 0.508. The minimum atomic E-state index is -0.207. The number of aromatic nitrogens is 4. The Balaban J connectivity index is 2.19. The van der Waals surface area contributed by atoms with E-state index >= 15 is 0 Å². The van der Waals surface area contributed by atoms with Gasteiger partial charge in [-0.1, -0.05) is 6.92 Å². The molecule has 18 heavy (non-hydrogen) atoms. The Bertz CT molecular complexity index is 813. The Labute approximate surface area is 106 Å². The third-order valence-electron chi connectivity index (χ3n) is 3.69. The number of fused-ring (bicyclic) bond motifs is 5. The molecule has 0 fully saturated rings. The Kier molecular flexibility index (Phi) is 1.94. The number of nitrogens with one attached hydrogen (secondary N) is 1. The Hall–Kier alpha value is -1.69. The highest BCUT2D eigenvalue weighted by Crippen LogP contribution is 2.37. The van der Waals surface area contributed by atoms with Gasteiger partial charge in [0.15, 0.2) is 5.65 Å². The zero-order valence-corrected chi connectivity index (χ0v) is 10.8. The van der Waals surface area contributed by atoms with E-state index < -0.39 is 0 Å². The van der Waals surface area contributed by atoms with Crippen molar-refractivity contribution in [1.82, 2.24) is 19.6 Å². The van der Waals surface area contributed by atoms with Crippen LogP contribution in [0.3, 0.4) is 0 Å². The van der Waals surface area contributed by atoms with Gasteiger partial charge in [0.2, 0.25) is 0 Å². The lowest BCUT2D eigenvalue weighted by atomic mass is 9.89. The van der Waals surface area contributed by atoms with Crippen LogP contribution in [0.4, 0.5) is 0 Å². The maximum Gasteiger partial charge on any atom is 0.349 e. The summed E-state index contributed by atoms with van der Waals surface area (Å²) in [6.45, 7) is 2.28. The Morgan fingerprint density at radius 3 is 3.33 bits per heavy atom. The summed E-state index contributed by atoms with van der Waals surface area (Å²) in [5.74, 6) is 0.699. The van der Waals surface area contributed by atoms with Crippen molar-refractivity contribution in [2.45, 2.75) is 26.2 Å². The fraction of sp³-hybridized carbons (Fsp3) is 0.417. The van der Waals surface area contributed by atoms with E-state index in [0.717, 1.165) is 23.1 Å². The third-order valence-corrected chi connectivity index (χ3v) is 4.90. The summed E-state index contributed by atoms with van der Waals surface area (Å²) in [5, 5.41) is 5.08. The monoisotopic (exact) mass is 260 g/mol. The second-order valence-electron chi connectivity index (χ2n) is 4.98. The SMILES string of the molecule is CC1CCc2sc3[nH]c(=O)n4ncnc4c3c2C1. The summed E-state index contributed by atoms with van der Waals surface area (Å²) in [5.41, 5.74) is 1.85. The highest BCUT2D eigenvalue weighted by Gasteiger charge is 2.23. The van der Waals surface area contributed by atoms with Crippen LogP contribution >= 0.6 is 11.3 Å². The average Bonchev–Trinajstić information content (AvgIpc) is 2.92. The van der Waals surface area contributed by atoms with Crippen LogP contribution in [0.5, 0.6) is 0 Å². The van der Waals surface area contributed by atoms with Gasteiger partial charge in [0.1, 0.15) is 11.2 Å². The van der Waals surface area contributed by atoms with Crippen molar-refractivity contribution in [3.05, 3.63) is 27.3 Å². The predicted molar refractivity (Wildman–Crippen MR) is 70.2 cm³/mol. The van der Waals surface area contributed by atoms with Crippen molar-refractivity contribution in [2.24, 2.45) is 5.92 Å². The number of rotatable bonds is 0. The molecule has 5 nitrogen and oxygen atoms in total. The van der Waals surface area contributed by atoms with Gasteiger partial charge < -0.3 is 0 Å². The van der Waals surface area contributed by atoms with Gasteiger partial charge in [0, 0.05) is 4.88 Å². The molecule has 0 radical (unpaired) electrons. The first-order chi connectivity index (χ1) is 8.74. The van der Waals surface area contributed by atoms with E-state index in [9.17, 15) is 4.79 Å². The quantitative estimate of drug-likeness (QED) is 0.670. The second-order valence-corrected chi connectivity index (χ2v) is 6.09. The molecule has 3 aromatic heterocycles. The predicted octanol–water partition coefficient (Wildman–Crippen LogP) is 1.76. The van der Waals surface area contributed by atoms with Crippen molar-refractivity contribution in [2.75, 3.05) is 0 Å². The van der Waals surface area contributed by atoms with Crippen molar-refractivity contribution in [3.8, 4) is 0 Å². The van der Waals surface area contributed by atoms with Crippen LogP contribution in [-0.2, 0) is 12.8 Å². The summed E-state index contributed by atoms with van der Waals surface area (Å²) in [6.07, 6.45) is 4.86. The van der Waals surface area contributed by atoms with E-state index in [1.165, 1.54) is 27.7 Å². The highest BCUT2D eigenvalue weighted by molar-refractivity contribution is 7.19. The second kappa shape index (κ2) is 3.41. The molecule has 3 heterocycles. The number of hydrogen-bond donors (Lipinski definition) is 1. The average molecular weight is 260 g/mol. The van der Waals surface area contributed by atoms with Crippen LogP contribution in [0.1, 0.15) is 23.8 Å². The first kappa shape index (κ1) is 10.3. The Morgan fingerprint density at radius 1 is 1.56 bits per heavy atom. The molecule has 1 aliphatic carbocycles. The van der Waals surface area contributed by atoms with Gasteiger partial charge in [-0.05, 0) is 30.7 Å². The number of hydrogen-bond acceptors (Lipinski definition) is 4. The zero-order valence-electron chi connectivity index (χ0n) is 9.93. The largest absolute Gasteiger partial charge is 0.349 e. The lowest BCUT2D eigenvalue weighted by Gasteiger charge is -2.17. The maximum atomic E-state index is 11.8. The molecule has 3 aromatic rings. The number of H-pyrrole nitrogens is 1. The minimum absolute atomic E-state index is 0.207. The molecule has 1 N–H and O–H groups in total. The van der Waals surface area contributed by atoms with Gasteiger partial charge in [0.05, 0.1) is 5.39 Å². The number of thiophene rings is 1. The van der Waals surface area contributed by atoms with Gasteiger partial charge in [0.25, 0.3) is 0 Å². The number of nitrogens with zero attached hydrogens (tertiary/aromatic N) is 3. The fourth-order valence-electron chi connectivity index (χ4n) is 2.79. The van der Waals surface area contributed by atoms with Gasteiger partial charge in [-0.15, -0.1) is 11.3 Å². The van der Waals surface area contributed by atoms with Crippen molar-refractivity contribution in [3.63, 3.8) is 0 Å². The summed E-state index contributed by atoms with van der Waals surface area (Å²) >= 11 is 1.70. The van der Waals surface area contributed by atoms with Crippen LogP contribution in [0.15, 0.2) is 11.1 Å². The molecule has 1 unspecified atom stereocenters. The molecule has 0 aromatic carbocycles. The molecule has 0 amide bonds. The normalized spacial score (nSPS) is 19.5. The van der Waals surface area contributed by atoms with E-state index in [0.29, 0.717) is 11.6 Å². The summed E-state index contributed by atoms with van der Waals surface area (Å²) in [6, 6.07) is 0. The molecule has 0 spiro atoms. The molecule has 6 heteroatoms. The molecule has 0 aliphatic heterocycles.